The van der Waals surface area contributed by atoms with E-state index in [1.54, 1.807) is 29.4 Å². The lowest BCUT2D eigenvalue weighted by atomic mass is 10.1. The van der Waals surface area contributed by atoms with Gasteiger partial charge in [0, 0.05) is 30.1 Å². The van der Waals surface area contributed by atoms with Crippen LogP contribution in [0.5, 0.6) is 0 Å². The Balaban J connectivity index is 1.97. The lowest BCUT2D eigenvalue weighted by molar-refractivity contribution is 0.0992. The van der Waals surface area contributed by atoms with Crippen LogP contribution in [0.4, 0.5) is 5.69 Å². The molecule has 5 nitrogen and oxygen atoms in total. The zero-order valence-corrected chi connectivity index (χ0v) is 14.9. The number of nitrogens with one attached hydrogen (secondary N) is 1. The van der Waals surface area contributed by atoms with Crippen molar-refractivity contribution in [1.82, 2.24) is 9.97 Å². The van der Waals surface area contributed by atoms with Crippen molar-refractivity contribution in [2.45, 2.75) is 26.7 Å². The summed E-state index contributed by atoms with van der Waals surface area (Å²) in [6.07, 6.45) is 0. The molecule has 0 spiro atoms. The second kappa shape index (κ2) is 6.20. The van der Waals surface area contributed by atoms with E-state index in [9.17, 15) is 9.59 Å². The largest absolute Gasteiger partial charge is 0.326 e. The fraction of sp³-hybridized carbons (Fsp3) is 0.278. The highest BCUT2D eigenvalue weighted by molar-refractivity contribution is 7.18. The summed E-state index contributed by atoms with van der Waals surface area (Å²) in [6.45, 7) is 5.91. The Kier molecular flexibility index (Phi) is 4.24. The molecule has 0 atom stereocenters. The quantitative estimate of drug-likeness (QED) is 0.790. The van der Waals surface area contributed by atoms with E-state index < -0.39 is 0 Å². The number of rotatable bonds is 3. The predicted octanol–water partition coefficient (Wildman–Crippen LogP) is 3.69. The zero-order valence-electron chi connectivity index (χ0n) is 14.1. The molecule has 0 unspecified atom stereocenters. The van der Waals surface area contributed by atoms with Crippen LogP contribution in [0.25, 0.3) is 10.2 Å². The molecule has 0 aliphatic carbocycles. The minimum absolute atomic E-state index is 0.146. The van der Waals surface area contributed by atoms with Crippen molar-refractivity contribution in [3.8, 4) is 0 Å². The van der Waals surface area contributed by atoms with Crippen LogP contribution in [0.1, 0.15) is 40.8 Å². The lowest BCUT2D eigenvalue weighted by Gasteiger charge is -2.18. The van der Waals surface area contributed by atoms with Gasteiger partial charge < -0.3 is 9.88 Å². The number of anilines is 1. The van der Waals surface area contributed by atoms with Gasteiger partial charge in [0.05, 0.1) is 15.2 Å². The van der Waals surface area contributed by atoms with Gasteiger partial charge in [0.15, 0.2) is 0 Å². The molecule has 0 bridgehead atoms. The normalized spacial score (nSPS) is 11.2. The van der Waals surface area contributed by atoms with Crippen LogP contribution >= 0.6 is 11.3 Å². The Bertz CT molecular complexity index is 972. The van der Waals surface area contributed by atoms with E-state index in [0.717, 1.165) is 26.6 Å². The summed E-state index contributed by atoms with van der Waals surface area (Å²) in [4.78, 5) is 33.4. The molecule has 0 radical (unpaired) electrons. The highest BCUT2D eigenvalue weighted by Crippen LogP contribution is 2.27. The van der Waals surface area contributed by atoms with Gasteiger partial charge in [0.25, 0.3) is 5.91 Å². The highest BCUT2D eigenvalue weighted by atomic mass is 32.1. The van der Waals surface area contributed by atoms with Crippen LogP contribution in [0.2, 0.25) is 0 Å². The number of hydrogen-bond acceptors (Lipinski definition) is 4. The van der Waals surface area contributed by atoms with E-state index >= 15 is 0 Å². The maximum Gasteiger partial charge on any atom is 0.258 e. The molecule has 0 aliphatic rings. The molecule has 0 saturated heterocycles. The number of pyridine rings is 1. The van der Waals surface area contributed by atoms with Crippen LogP contribution in [-0.2, 0) is 0 Å². The number of nitrogens with zero attached hydrogens (tertiary/aromatic N) is 2. The molecule has 0 aliphatic heterocycles. The lowest BCUT2D eigenvalue weighted by Crippen LogP contribution is -2.27. The van der Waals surface area contributed by atoms with Crippen LogP contribution in [-0.4, -0.2) is 22.9 Å². The SMILES string of the molecule is Cc1nc2ccc(N(C)C(=O)c3cc(C(C)C)[nH]c(=O)c3)cc2s1. The second-order valence-electron chi connectivity index (χ2n) is 6.09. The van der Waals surface area contributed by atoms with Crippen molar-refractivity contribution in [3.05, 3.63) is 57.0 Å². The first-order chi connectivity index (χ1) is 11.3. The summed E-state index contributed by atoms with van der Waals surface area (Å²) in [5, 5.41) is 0.993. The molecular formula is C18H19N3O2S. The third-order valence-corrected chi connectivity index (χ3v) is 4.84. The Morgan fingerprint density at radius 1 is 1.25 bits per heavy atom. The fourth-order valence-corrected chi connectivity index (χ4v) is 3.41. The molecule has 2 aromatic heterocycles. The summed E-state index contributed by atoms with van der Waals surface area (Å²) < 4.78 is 1.04. The van der Waals surface area contributed by atoms with Crippen molar-refractivity contribution in [1.29, 1.82) is 0 Å². The maximum absolute atomic E-state index is 12.8. The average Bonchev–Trinajstić information content (AvgIpc) is 2.91. The van der Waals surface area contributed by atoms with Crippen LogP contribution < -0.4 is 10.5 Å². The number of carbonyl (C=O) groups excluding carboxylic acids is 1. The van der Waals surface area contributed by atoms with Gasteiger partial charge in [-0.2, -0.15) is 0 Å². The van der Waals surface area contributed by atoms with Gasteiger partial charge in [-0.1, -0.05) is 13.8 Å². The number of amides is 1. The van der Waals surface area contributed by atoms with Crippen molar-refractivity contribution in [2.75, 3.05) is 11.9 Å². The number of carbonyl (C=O) groups is 1. The Labute approximate surface area is 144 Å². The number of H-pyrrole nitrogens is 1. The van der Waals surface area contributed by atoms with E-state index in [0.29, 0.717) is 5.56 Å². The van der Waals surface area contributed by atoms with Gasteiger partial charge in [-0.15, -0.1) is 11.3 Å². The number of benzene rings is 1. The average molecular weight is 341 g/mol. The topological polar surface area (TPSA) is 66.1 Å². The van der Waals surface area contributed by atoms with Gasteiger partial charge in [-0.05, 0) is 37.1 Å². The van der Waals surface area contributed by atoms with Crippen LogP contribution in [0.15, 0.2) is 35.1 Å². The van der Waals surface area contributed by atoms with Gasteiger partial charge in [0.1, 0.15) is 0 Å². The molecule has 24 heavy (non-hydrogen) atoms. The number of aromatic nitrogens is 2. The minimum atomic E-state index is -0.258. The zero-order chi connectivity index (χ0) is 17.4. The number of aryl methyl sites for hydroxylation is 1. The first-order valence-electron chi connectivity index (χ1n) is 7.74. The summed E-state index contributed by atoms with van der Waals surface area (Å²) in [6, 6.07) is 8.83. The van der Waals surface area contributed by atoms with Gasteiger partial charge in [-0.25, -0.2) is 4.98 Å². The second-order valence-corrected chi connectivity index (χ2v) is 7.33. The third kappa shape index (κ3) is 3.10. The fourth-order valence-electron chi connectivity index (χ4n) is 2.55. The molecule has 124 valence electrons. The minimum Gasteiger partial charge on any atom is -0.326 e. The summed E-state index contributed by atoms with van der Waals surface area (Å²) in [7, 11) is 1.72. The number of aromatic amines is 1. The number of thiazole rings is 1. The Morgan fingerprint density at radius 3 is 2.71 bits per heavy atom. The van der Waals surface area contributed by atoms with E-state index in [4.69, 9.17) is 0 Å². The van der Waals surface area contributed by atoms with Gasteiger partial charge in [-0.3, -0.25) is 9.59 Å². The molecular weight excluding hydrogens is 322 g/mol. The predicted molar refractivity (Wildman–Crippen MR) is 98.2 cm³/mol. The van der Waals surface area contributed by atoms with Crippen molar-refractivity contribution in [2.24, 2.45) is 0 Å². The summed E-state index contributed by atoms with van der Waals surface area (Å²) in [5.41, 5.74) is 2.60. The molecule has 3 aromatic rings. The van der Waals surface area contributed by atoms with Crippen LogP contribution in [0, 0.1) is 6.92 Å². The molecule has 1 aromatic carbocycles. The molecule has 2 heterocycles. The standard InChI is InChI=1S/C18H19N3O2S/c1-10(2)15-7-12(8-17(22)20-15)18(23)21(4)13-5-6-14-16(9-13)24-11(3)19-14/h5-10H,1-4H3,(H,20,22). The highest BCUT2D eigenvalue weighted by Gasteiger charge is 2.16. The first-order valence-corrected chi connectivity index (χ1v) is 8.56. The number of hydrogen-bond donors (Lipinski definition) is 1. The van der Waals surface area contributed by atoms with E-state index in [1.165, 1.54) is 6.07 Å². The summed E-state index contributed by atoms with van der Waals surface area (Å²) >= 11 is 1.60. The Morgan fingerprint density at radius 2 is 2.00 bits per heavy atom. The maximum atomic E-state index is 12.8. The van der Waals surface area contributed by atoms with Crippen molar-refractivity contribution < 1.29 is 4.79 Å². The Hall–Kier alpha value is -2.47. The summed E-state index contributed by atoms with van der Waals surface area (Å²) in [5.74, 6) is -0.0594. The molecule has 6 heteroatoms. The molecule has 0 saturated carbocycles. The van der Waals surface area contributed by atoms with Crippen LogP contribution in [0.3, 0.4) is 0 Å². The van der Waals surface area contributed by atoms with Crippen molar-refractivity contribution >= 4 is 33.1 Å². The molecule has 3 rings (SSSR count). The van der Waals surface area contributed by atoms with Crippen molar-refractivity contribution in [3.63, 3.8) is 0 Å². The van der Waals surface area contributed by atoms with Gasteiger partial charge in [0.2, 0.25) is 5.56 Å². The van der Waals surface area contributed by atoms with Gasteiger partial charge >= 0.3 is 0 Å². The van der Waals surface area contributed by atoms with E-state index in [1.807, 2.05) is 39.0 Å². The number of fused-ring (bicyclic) bond motifs is 1. The smallest absolute Gasteiger partial charge is 0.258 e. The molecule has 1 amide bonds. The third-order valence-electron chi connectivity index (χ3n) is 3.90. The van der Waals surface area contributed by atoms with E-state index in [-0.39, 0.29) is 17.4 Å². The monoisotopic (exact) mass is 341 g/mol. The first kappa shape index (κ1) is 16.4. The molecule has 1 N–H and O–H groups in total. The van der Waals surface area contributed by atoms with E-state index in [2.05, 4.69) is 9.97 Å². The molecule has 0 fully saturated rings.